The Labute approximate surface area is 143 Å². The number of benzene rings is 1. The number of carbonyl (C=O) groups excluding carboxylic acids is 1. The lowest BCUT2D eigenvalue weighted by atomic mass is 9.99. The molecule has 2 atom stereocenters. The van der Waals surface area contributed by atoms with Crippen molar-refractivity contribution in [2.24, 2.45) is 5.92 Å². The number of halogens is 2. The van der Waals surface area contributed by atoms with Gasteiger partial charge in [-0.05, 0) is 35.2 Å². The highest BCUT2D eigenvalue weighted by Gasteiger charge is 2.45. The molecule has 0 radical (unpaired) electrons. The van der Waals surface area contributed by atoms with Crippen LogP contribution in [0.2, 0.25) is 0 Å². The Hall–Kier alpha value is -2.76. The van der Waals surface area contributed by atoms with E-state index in [4.69, 9.17) is 5.73 Å². The largest absolute Gasteiger partial charge is 0.382 e. The monoisotopic (exact) mass is 341 g/mol. The van der Waals surface area contributed by atoms with Crippen molar-refractivity contribution in [1.29, 1.82) is 0 Å². The van der Waals surface area contributed by atoms with Gasteiger partial charge in [-0.25, -0.2) is 9.37 Å². The Morgan fingerprint density at radius 3 is 2.76 bits per heavy atom. The van der Waals surface area contributed by atoms with Gasteiger partial charge in [-0.1, -0.05) is 24.3 Å². The Morgan fingerprint density at radius 2 is 2.04 bits per heavy atom. The molecule has 0 amide bonds. The number of pyridine rings is 1. The molecule has 6 heteroatoms. The highest BCUT2D eigenvalue weighted by Crippen LogP contribution is 2.38. The fraction of sp³-hybridized carbons (Fsp3) is 0.263. The lowest BCUT2D eigenvalue weighted by Gasteiger charge is -2.09. The average Bonchev–Trinajstić information content (AvgIpc) is 3.24. The third-order valence-corrected chi connectivity index (χ3v) is 4.62. The maximum Gasteiger partial charge on any atom is 0.189 e. The summed E-state index contributed by atoms with van der Waals surface area (Å²) in [6, 6.07) is 11.2. The number of Topliss-reactive ketones (excluding diaryl/α,β-unsaturated/α-hetero) is 1. The van der Waals surface area contributed by atoms with Gasteiger partial charge in [-0.3, -0.25) is 13.6 Å². The standard InChI is InChI=1S/C19H17F2N3O/c20-8-7-11-3-1-2-4-13(11)12-5-6-16-23-19(22)17(24(16)10-12)18(25)14-9-15(14)21/h1-6,10,14-15H,7-9,22H2/t14-,15-/m0/s1. The van der Waals surface area contributed by atoms with Gasteiger partial charge in [0.05, 0.1) is 12.6 Å². The second-order valence-electron chi connectivity index (χ2n) is 6.31. The van der Waals surface area contributed by atoms with Crippen LogP contribution in [0.5, 0.6) is 0 Å². The van der Waals surface area contributed by atoms with Crippen molar-refractivity contribution in [1.82, 2.24) is 9.38 Å². The fourth-order valence-corrected chi connectivity index (χ4v) is 3.20. The van der Waals surface area contributed by atoms with Crippen LogP contribution in [-0.2, 0) is 6.42 Å². The van der Waals surface area contributed by atoms with Crippen LogP contribution in [-0.4, -0.2) is 28.0 Å². The van der Waals surface area contributed by atoms with Gasteiger partial charge in [0, 0.05) is 12.6 Å². The zero-order valence-electron chi connectivity index (χ0n) is 13.5. The van der Waals surface area contributed by atoms with E-state index < -0.39 is 18.8 Å². The van der Waals surface area contributed by atoms with Crippen LogP contribution in [0.1, 0.15) is 22.5 Å². The molecule has 3 aromatic rings. The number of rotatable bonds is 5. The summed E-state index contributed by atoms with van der Waals surface area (Å²) in [5.41, 5.74) is 9.27. The molecule has 0 bridgehead atoms. The van der Waals surface area contributed by atoms with E-state index in [-0.39, 0.29) is 23.7 Å². The number of alkyl halides is 2. The topological polar surface area (TPSA) is 60.4 Å². The summed E-state index contributed by atoms with van der Waals surface area (Å²) >= 11 is 0. The molecule has 2 heterocycles. The van der Waals surface area contributed by atoms with E-state index in [1.54, 1.807) is 16.7 Å². The zero-order chi connectivity index (χ0) is 17.6. The van der Waals surface area contributed by atoms with Gasteiger partial charge in [0.25, 0.3) is 0 Å². The van der Waals surface area contributed by atoms with E-state index in [2.05, 4.69) is 4.98 Å². The van der Waals surface area contributed by atoms with Crippen LogP contribution in [0.3, 0.4) is 0 Å². The highest BCUT2D eigenvalue weighted by molar-refractivity contribution is 6.03. The van der Waals surface area contributed by atoms with Gasteiger partial charge in [0.2, 0.25) is 0 Å². The van der Waals surface area contributed by atoms with Gasteiger partial charge in [-0.2, -0.15) is 0 Å². The van der Waals surface area contributed by atoms with Crippen molar-refractivity contribution >= 4 is 17.2 Å². The smallest absolute Gasteiger partial charge is 0.189 e. The Bertz CT molecular complexity index is 966. The van der Waals surface area contributed by atoms with Crippen molar-refractivity contribution in [3.05, 3.63) is 53.9 Å². The van der Waals surface area contributed by atoms with Gasteiger partial charge in [0.1, 0.15) is 17.5 Å². The molecule has 4 nitrogen and oxygen atoms in total. The first-order valence-electron chi connectivity index (χ1n) is 8.20. The molecule has 0 saturated heterocycles. The second kappa shape index (κ2) is 5.95. The third kappa shape index (κ3) is 2.67. The molecule has 1 fully saturated rings. The number of nitrogens with zero attached hydrogens (tertiary/aromatic N) is 2. The van der Waals surface area contributed by atoms with Crippen molar-refractivity contribution in [3.8, 4) is 11.1 Å². The van der Waals surface area contributed by atoms with Crippen molar-refractivity contribution in [3.63, 3.8) is 0 Å². The molecule has 1 saturated carbocycles. The number of ketones is 1. The van der Waals surface area contributed by atoms with E-state index in [1.807, 2.05) is 30.3 Å². The predicted molar refractivity (Wildman–Crippen MR) is 92.1 cm³/mol. The van der Waals surface area contributed by atoms with Gasteiger partial charge >= 0.3 is 0 Å². The number of fused-ring (bicyclic) bond motifs is 1. The minimum absolute atomic E-state index is 0.110. The van der Waals surface area contributed by atoms with Crippen LogP contribution < -0.4 is 5.73 Å². The Morgan fingerprint density at radius 1 is 1.28 bits per heavy atom. The number of hydrogen-bond donors (Lipinski definition) is 1. The van der Waals surface area contributed by atoms with Crippen molar-refractivity contribution in [2.45, 2.75) is 19.0 Å². The molecular formula is C19H17F2N3O. The minimum Gasteiger partial charge on any atom is -0.382 e. The average molecular weight is 341 g/mol. The van der Waals surface area contributed by atoms with Crippen molar-refractivity contribution < 1.29 is 13.6 Å². The van der Waals surface area contributed by atoms with Gasteiger partial charge in [0.15, 0.2) is 11.6 Å². The molecule has 2 N–H and O–H groups in total. The number of carbonyl (C=O) groups is 1. The summed E-state index contributed by atoms with van der Waals surface area (Å²) in [5, 5.41) is 0. The number of hydrogen-bond acceptors (Lipinski definition) is 3. The molecule has 128 valence electrons. The van der Waals surface area contributed by atoms with Gasteiger partial charge in [-0.15, -0.1) is 0 Å². The molecule has 25 heavy (non-hydrogen) atoms. The molecule has 2 aromatic heterocycles. The van der Waals surface area contributed by atoms with Crippen LogP contribution in [0, 0.1) is 5.92 Å². The fourth-order valence-electron chi connectivity index (χ4n) is 3.20. The summed E-state index contributed by atoms with van der Waals surface area (Å²) in [6.07, 6.45) is 1.23. The number of imidazole rings is 1. The number of anilines is 1. The normalized spacial score (nSPS) is 19.3. The van der Waals surface area contributed by atoms with Crippen LogP contribution in [0.25, 0.3) is 16.8 Å². The maximum absolute atomic E-state index is 13.3. The predicted octanol–water partition coefficient (Wildman–Crippen LogP) is 3.64. The molecule has 1 aromatic carbocycles. The van der Waals surface area contributed by atoms with E-state index in [9.17, 15) is 13.6 Å². The minimum atomic E-state index is -1.09. The number of aromatic nitrogens is 2. The van der Waals surface area contributed by atoms with E-state index >= 15 is 0 Å². The Balaban J connectivity index is 1.84. The first-order chi connectivity index (χ1) is 12.1. The van der Waals surface area contributed by atoms with Crippen LogP contribution in [0.15, 0.2) is 42.6 Å². The van der Waals surface area contributed by atoms with E-state index in [0.717, 1.165) is 16.7 Å². The molecule has 1 aliphatic carbocycles. The van der Waals surface area contributed by atoms with Crippen molar-refractivity contribution in [2.75, 3.05) is 12.4 Å². The molecule has 0 unspecified atom stereocenters. The first-order valence-corrected chi connectivity index (χ1v) is 8.20. The summed E-state index contributed by atoms with van der Waals surface area (Å²) in [6.45, 7) is -0.444. The maximum atomic E-state index is 13.3. The van der Waals surface area contributed by atoms with E-state index in [0.29, 0.717) is 12.1 Å². The van der Waals surface area contributed by atoms with Crippen LogP contribution >= 0.6 is 0 Å². The molecule has 0 aliphatic heterocycles. The quantitative estimate of drug-likeness (QED) is 0.721. The summed E-state index contributed by atoms with van der Waals surface area (Å²) in [7, 11) is 0. The summed E-state index contributed by atoms with van der Waals surface area (Å²) in [4.78, 5) is 16.7. The number of aryl methyl sites for hydroxylation is 1. The lowest BCUT2D eigenvalue weighted by Crippen LogP contribution is -2.10. The van der Waals surface area contributed by atoms with E-state index in [1.165, 1.54) is 0 Å². The van der Waals surface area contributed by atoms with Crippen LogP contribution in [0.4, 0.5) is 14.6 Å². The SMILES string of the molecule is Nc1nc2ccc(-c3ccccc3CCF)cn2c1C(=O)[C@H]1C[C@@H]1F. The summed E-state index contributed by atoms with van der Waals surface area (Å²) in [5.74, 6) is -0.824. The Kier molecular flexibility index (Phi) is 3.75. The molecular weight excluding hydrogens is 324 g/mol. The van der Waals surface area contributed by atoms with Gasteiger partial charge < -0.3 is 5.73 Å². The number of nitrogens with two attached hydrogens (primary N) is 1. The third-order valence-electron chi connectivity index (χ3n) is 4.62. The molecule has 4 rings (SSSR count). The lowest BCUT2D eigenvalue weighted by molar-refractivity contribution is 0.0952. The molecule has 1 aliphatic rings. The zero-order valence-corrected chi connectivity index (χ0v) is 13.5. The highest BCUT2D eigenvalue weighted by atomic mass is 19.1. The first kappa shape index (κ1) is 15.7. The number of nitrogen functional groups attached to an aromatic ring is 1. The second-order valence-corrected chi connectivity index (χ2v) is 6.31. The summed E-state index contributed by atoms with van der Waals surface area (Å²) < 4.78 is 27.7. The molecule has 0 spiro atoms.